The lowest BCUT2D eigenvalue weighted by molar-refractivity contribution is -0.142. The van der Waals surface area contributed by atoms with Crippen molar-refractivity contribution in [1.82, 2.24) is 34.2 Å². The number of hydrogen-bond donors (Lipinski definition) is 2. The number of anilines is 2. The first-order valence-corrected chi connectivity index (χ1v) is 11.3. The molecular weight excluding hydrogens is 522 g/mol. The average molecular weight is 541 g/mol. The molecule has 4 aromatic heterocycles. The molecular formula is C24H19F4N9O2. The number of aryl methyl sites for hydroxylation is 2. The summed E-state index contributed by atoms with van der Waals surface area (Å²) in [6.07, 6.45) is -2.15. The predicted molar refractivity (Wildman–Crippen MR) is 130 cm³/mol. The molecule has 2 amide bonds. The molecule has 0 aliphatic rings. The van der Waals surface area contributed by atoms with E-state index in [-0.39, 0.29) is 34.0 Å². The first kappa shape index (κ1) is 25.6. The minimum absolute atomic E-state index is 0.00889. The van der Waals surface area contributed by atoms with Crippen LogP contribution in [-0.4, -0.2) is 46.0 Å². The SMILES string of the molecule is Cc1c(NC(=O)c2c(NC(=O)c3cc4nc(-c5ccc(F)cc5)cc(C(F)(F)F)n4n3)cnn2C)cnn1C. The number of carbonyl (C=O) groups is 2. The molecule has 0 fully saturated rings. The molecule has 0 spiro atoms. The number of halogens is 4. The van der Waals surface area contributed by atoms with E-state index in [4.69, 9.17) is 0 Å². The van der Waals surface area contributed by atoms with Crippen molar-refractivity contribution in [2.24, 2.45) is 14.1 Å². The van der Waals surface area contributed by atoms with Crippen LogP contribution in [0.1, 0.15) is 32.4 Å². The van der Waals surface area contributed by atoms with E-state index in [9.17, 15) is 27.2 Å². The van der Waals surface area contributed by atoms with Gasteiger partial charge in [-0.3, -0.25) is 19.0 Å². The molecule has 0 bridgehead atoms. The number of benzene rings is 1. The van der Waals surface area contributed by atoms with Crippen molar-refractivity contribution in [2.75, 3.05) is 10.6 Å². The van der Waals surface area contributed by atoms with Gasteiger partial charge in [0.15, 0.2) is 17.0 Å². The fraction of sp³-hybridized carbons (Fsp3) is 0.167. The van der Waals surface area contributed by atoms with Gasteiger partial charge < -0.3 is 10.6 Å². The Morgan fingerprint density at radius 2 is 1.54 bits per heavy atom. The van der Waals surface area contributed by atoms with Crippen molar-refractivity contribution in [2.45, 2.75) is 13.1 Å². The molecule has 200 valence electrons. The normalized spacial score (nSPS) is 11.7. The molecule has 0 aliphatic heterocycles. The second kappa shape index (κ2) is 9.34. The summed E-state index contributed by atoms with van der Waals surface area (Å²) >= 11 is 0. The van der Waals surface area contributed by atoms with Gasteiger partial charge in [0.05, 0.1) is 35.2 Å². The molecule has 11 nitrogen and oxygen atoms in total. The summed E-state index contributed by atoms with van der Waals surface area (Å²) in [5.74, 6) is -2.05. The smallest absolute Gasteiger partial charge is 0.318 e. The highest BCUT2D eigenvalue weighted by atomic mass is 19.4. The van der Waals surface area contributed by atoms with Gasteiger partial charge in [0, 0.05) is 25.7 Å². The van der Waals surface area contributed by atoms with Crippen molar-refractivity contribution in [3.8, 4) is 11.3 Å². The van der Waals surface area contributed by atoms with E-state index >= 15 is 0 Å². The zero-order valence-corrected chi connectivity index (χ0v) is 20.6. The van der Waals surface area contributed by atoms with Crippen molar-refractivity contribution in [1.29, 1.82) is 0 Å². The summed E-state index contributed by atoms with van der Waals surface area (Å²) in [7, 11) is 3.19. The van der Waals surface area contributed by atoms with Crippen LogP contribution < -0.4 is 10.6 Å². The quantitative estimate of drug-likeness (QED) is 0.326. The summed E-state index contributed by atoms with van der Waals surface area (Å²) in [4.78, 5) is 30.1. The molecule has 5 rings (SSSR count). The lowest BCUT2D eigenvalue weighted by Crippen LogP contribution is -2.21. The van der Waals surface area contributed by atoms with Gasteiger partial charge in [-0.05, 0) is 37.3 Å². The Labute approximate surface area is 217 Å². The zero-order chi connectivity index (χ0) is 28.1. The summed E-state index contributed by atoms with van der Waals surface area (Å²) in [5, 5.41) is 17.0. The largest absolute Gasteiger partial charge is 0.433 e. The van der Waals surface area contributed by atoms with Crippen molar-refractivity contribution in [3.63, 3.8) is 0 Å². The lowest BCUT2D eigenvalue weighted by atomic mass is 10.1. The summed E-state index contributed by atoms with van der Waals surface area (Å²) < 4.78 is 58.2. The molecule has 0 radical (unpaired) electrons. The van der Waals surface area contributed by atoms with Gasteiger partial charge in [-0.2, -0.15) is 28.5 Å². The minimum Gasteiger partial charge on any atom is -0.318 e. The maximum Gasteiger partial charge on any atom is 0.433 e. The first-order chi connectivity index (χ1) is 18.4. The van der Waals surface area contributed by atoms with Crippen LogP contribution in [0.25, 0.3) is 16.9 Å². The summed E-state index contributed by atoms with van der Waals surface area (Å²) in [6.45, 7) is 1.75. The highest BCUT2D eigenvalue weighted by Gasteiger charge is 2.36. The van der Waals surface area contributed by atoms with Gasteiger partial charge in [0.25, 0.3) is 11.8 Å². The second-order valence-electron chi connectivity index (χ2n) is 8.54. The maximum absolute atomic E-state index is 13.9. The topological polar surface area (TPSA) is 124 Å². The third-order valence-electron chi connectivity index (χ3n) is 5.98. The van der Waals surface area contributed by atoms with Crippen molar-refractivity contribution < 1.29 is 27.2 Å². The van der Waals surface area contributed by atoms with Crippen LogP contribution in [0.15, 0.2) is 48.8 Å². The standard InChI is InChI=1S/C24H19F4N9O2/c1-12-17(10-29-35(12)2)32-23(39)21-18(11-30-36(21)3)33-22(38)16-9-20-31-15(13-4-6-14(25)7-5-13)8-19(24(26,27)28)37(20)34-16/h4-11H,1-3H3,(H,32,39)(H,33,38). The van der Waals surface area contributed by atoms with E-state index in [1.165, 1.54) is 36.3 Å². The number of alkyl halides is 3. The monoisotopic (exact) mass is 541 g/mol. The fourth-order valence-electron chi connectivity index (χ4n) is 3.84. The average Bonchev–Trinajstić information content (AvgIpc) is 3.56. The molecule has 15 heteroatoms. The third-order valence-corrected chi connectivity index (χ3v) is 5.98. The number of nitrogens with zero attached hydrogens (tertiary/aromatic N) is 7. The lowest BCUT2D eigenvalue weighted by Gasteiger charge is -2.11. The van der Waals surface area contributed by atoms with E-state index in [0.717, 1.165) is 24.3 Å². The molecule has 0 unspecified atom stereocenters. The van der Waals surface area contributed by atoms with E-state index in [2.05, 4.69) is 30.9 Å². The molecule has 0 saturated carbocycles. The zero-order valence-electron chi connectivity index (χ0n) is 20.6. The number of nitrogens with one attached hydrogen (secondary N) is 2. The Bertz CT molecular complexity index is 1730. The van der Waals surface area contributed by atoms with E-state index in [0.29, 0.717) is 15.9 Å². The number of aromatic nitrogens is 7. The van der Waals surface area contributed by atoms with Crippen LogP contribution in [0.5, 0.6) is 0 Å². The maximum atomic E-state index is 13.9. The van der Waals surface area contributed by atoms with Crippen LogP contribution in [0.4, 0.5) is 28.9 Å². The van der Waals surface area contributed by atoms with Crippen molar-refractivity contribution >= 4 is 28.8 Å². The number of amides is 2. The molecule has 0 aliphatic carbocycles. The van der Waals surface area contributed by atoms with Gasteiger partial charge in [0.2, 0.25) is 0 Å². The fourth-order valence-corrected chi connectivity index (χ4v) is 3.84. The molecule has 39 heavy (non-hydrogen) atoms. The molecule has 2 N–H and O–H groups in total. The molecule has 0 saturated heterocycles. The van der Waals surface area contributed by atoms with Gasteiger partial charge in [0.1, 0.15) is 11.5 Å². The van der Waals surface area contributed by atoms with Gasteiger partial charge in [-0.25, -0.2) is 13.9 Å². The van der Waals surface area contributed by atoms with Crippen molar-refractivity contribution in [3.05, 3.63) is 77.4 Å². The number of fused-ring (bicyclic) bond motifs is 1. The van der Waals surface area contributed by atoms with E-state index in [1.807, 2.05) is 0 Å². The Balaban J connectivity index is 1.47. The number of rotatable bonds is 5. The van der Waals surface area contributed by atoms with Crippen LogP contribution >= 0.6 is 0 Å². The number of carbonyl (C=O) groups excluding carboxylic acids is 2. The Morgan fingerprint density at radius 3 is 2.18 bits per heavy atom. The van der Waals surface area contributed by atoms with E-state index in [1.54, 1.807) is 18.7 Å². The van der Waals surface area contributed by atoms with Crippen LogP contribution in [0.3, 0.4) is 0 Å². The second-order valence-corrected chi connectivity index (χ2v) is 8.54. The van der Waals surface area contributed by atoms with Gasteiger partial charge >= 0.3 is 6.18 Å². The number of hydrogen-bond acceptors (Lipinski definition) is 6. The summed E-state index contributed by atoms with van der Waals surface area (Å²) in [6, 6.07) is 6.62. The molecule has 4 heterocycles. The summed E-state index contributed by atoms with van der Waals surface area (Å²) in [5.41, 5.74) is -0.534. The van der Waals surface area contributed by atoms with Gasteiger partial charge in [-0.15, -0.1) is 0 Å². The van der Waals surface area contributed by atoms with Crippen LogP contribution in [-0.2, 0) is 20.3 Å². The van der Waals surface area contributed by atoms with Crippen LogP contribution in [0, 0.1) is 12.7 Å². The first-order valence-electron chi connectivity index (χ1n) is 11.3. The highest BCUT2D eigenvalue weighted by Crippen LogP contribution is 2.32. The third kappa shape index (κ3) is 4.81. The highest BCUT2D eigenvalue weighted by molar-refractivity contribution is 6.11. The molecule has 0 atom stereocenters. The molecule has 5 aromatic rings. The Hall–Kier alpha value is -5.08. The minimum atomic E-state index is -4.84. The van der Waals surface area contributed by atoms with Gasteiger partial charge in [-0.1, -0.05) is 0 Å². The predicted octanol–water partition coefficient (Wildman–Crippen LogP) is 3.83. The van der Waals surface area contributed by atoms with E-state index < -0.39 is 29.5 Å². The Morgan fingerprint density at radius 1 is 0.897 bits per heavy atom. The van der Waals surface area contributed by atoms with Crippen LogP contribution in [0.2, 0.25) is 0 Å². The molecule has 1 aromatic carbocycles. The Kier molecular flexibility index (Phi) is 6.12.